The van der Waals surface area contributed by atoms with Gasteiger partial charge in [0.15, 0.2) is 0 Å². The van der Waals surface area contributed by atoms with Gasteiger partial charge in [0, 0.05) is 24.8 Å². The maximum Gasteiger partial charge on any atom is 0.416 e. The lowest BCUT2D eigenvalue weighted by Crippen LogP contribution is -2.41. The van der Waals surface area contributed by atoms with Gasteiger partial charge >= 0.3 is 6.18 Å². The molecule has 0 spiro atoms. The van der Waals surface area contributed by atoms with Crippen molar-refractivity contribution in [3.8, 4) is 0 Å². The first-order chi connectivity index (χ1) is 15.5. The number of carbonyl (C=O) groups is 3. The summed E-state index contributed by atoms with van der Waals surface area (Å²) in [6.45, 7) is 2.67. The molecule has 0 heterocycles. The van der Waals surface area contributed by atoms with Gasteiger partial charge in [-0.25, -0.2) is 4.39 Å². The first-order valence-corrected chi connectivity index (χ1v) is 10.00. The summed E-state index contributed by atoms with van der Waals surface area (Å²) in [5.74, 6) is -2.22. The predicted molar refractivity (Wildman–Crippen MR) is 115 cm³/mol. The molecule has 0 aliphatic rings. The summed E-state index contributed by atoms with van der Waals surface area (Å²) >= 11 is 0. The van der Waals surface area contributed by atoms with Gasteiger partial charge in [0.2, 0.25) is 17.7 Å². The number of rotatable bonds is 9. The van der Waals surface area contributed by atoms with E-state index in [2.05, 4.69) is 16.0 Å². The highest BCUT2D eigenvalue weighted by atomic mass is 19.4. The molecule has 3 N–H and O–H groups in total. The number of benzene rings is 2. The minimum absolute atomic E-state index is 0.123. The van der Waals surface area contributed by atoms with Gasteiger partial charge in [0.25, 0.3) is 0 Å². The van der Waals surface area contributed by atoms with E-state index in [-0.39, 0.29) is 24.6 Å². The summed E-state index contributed by atoms with van der Waals surface area (Å²) in [5.41, 5.74) is -0.354. The third-order valence-electron chi connectivity index (χ3n) is 4.52. The number of alkyl halides is 3. The molecule has 0 saturated carbocycles. The average Bonchev–Trinajstić information content (AvgIpc) is 2.72. The maximum atomic E-state index is 13.2. The molecular formula is C22H24F4N4O3. The molecule has 0 aliphatic carbocycles. The van der Waals surface area contributed by atoms with Crippen molar-refractivity contribution in [3.05, 3.63) is 59.4 Å². The van der Waals surface area contributed by atoms with E-state index in [0.717, 1.165) is 12.1 Å². The van der Waals surface area contributed by atoms with E-state index in [9.17, 15) is 31.9 Å². The highest BCUT2D eigenvalue weighted by Crippen LogP contribution is 2.32. The number of likely N-dealkylation sites (N-methyl/N-ethyl adjacent to an activating group) is 1. The third-order valence-corrected chi connectivity index (χ3v) is 4.52. The molecule has 178 valence electrons. The van der Waals surface area contributed by atoms with E-state index in [4.69, 9.17) is 0 Å². The number of halogens is 4. The van der Waals surface area contributed by atoms with Gasteiger partial charge in [0.1, 0.15) is 5.82 Å². The Labute approximate surface area is 188 Å². The maximum absolute atomic E-state index is 13.2. The van der Waals surface area contributed by atoms with E-state index in [1.54, 1.807) is 31.2 Å². The van der Waals surface area contributed by atoms with Crippen LogP contribution in [0.15, 0.2) is 42.5 Å². The molecule has 0 unspecified atom stereocenters. The average molecular weight is 468 g/mol. The minimum Gasteiger partial charge on any atom is -0.351 e. The number of anilines is 2. The van der Waals surface area contributed by atoms with Crippen LogP contribution in [-0.4, -0.2) is 42.3 Å². The van der Waals surface area contributed by atoms with Crippen LogP contribution in [0.2, 0.25) is 0 Å². The Bertz CT molecular complexity index is 994. The van der Waals surface area contributed by atoms with Crippen molar-refractivity contribution in [1.29, 1.82) is 0 Å². The Morgan fingerprint density at radius 3 is 2.03 bits per heavy atom. The molecule has 33 heavy (non-hydrogen) atoms. The zero-order valence-electron chi connectivity index (χ0n) is 18.1. The summed E-state index contributed by atoms with van der Waals surface area (Å²) < 4.78 is 52.4. The van der Waals surface area contributed by atoms with Crippen LogP contribution >= 0.6 is 0 Å². The number of amides is 3. The Morgan fingerprint density at radius 2 is 1.48 bits per heavy atom. The second-order valence-corrected chi connectivity index (χ2v) is 7.19. The number of carbonyl (C=O) groups excluding carboxylic acids is 3. The van der Waals surface area contributed by atoms with Gasteiger partial charge in [0.05, 0.1) is 18.7 Å². The lowest BCUT2D eigenvalue weighted by atomic mass is 10.1. The number of hydrogen-bond acceptors (Lipinski definition) is 4. The molecule has 2 rings (SSSR count). The number of nitrogens with zero attached hydrogens (tertiary/aromatic N) is 1. The van der Waals surface area contributed by atoms with Gasteiger partial charge in [-0.1, -0.05) is 13.0 Å². The summed E-state index contributed by atoms with van der Waals surface area (Å²) in [5, 5.41) is 7.63. The first kappa shape index (κ1) is 25.8. The molecular weight excluding hydrogens is 444 g/mol. The Hall–Kier alpha value is -3.47. The fourth-order valence-electron chi connectivity index (χ4n) is 2.94. The SMILES string of the molecule is CCN(CC(=O)NCc1ccc(F)cc1C(F)(F)F)CC(=O)Nc1ccc(NC(C)=O)cc1. The van der Waals surface area contributed by atoms with Crippen LogP contribution in [0.25, 0.3) is 0 Å². The van der Waals surface area contributed by atoms with Gasteiger partial charge in [-0.2, -0.15) is 13.2 Å². The van der Waals surface area contributed by atoms with Crippen molar-refractivity contribution in [3.63, 3.8) is 0 Å². The van der Waals surface area contributed by atoms with Crippen LogP contribution in [-0.2, 0) is 27.1 Å². The molecule has 0 aliphatic heterocycles. The smallest absolute Gasteiger partial charge is 0.351 e. The highest BCUT2D eigenvalue weighted by Gasteiger charge is 2.33. The van der Waals surface area contributed by atoms with Crippen molar-refractivity contribution in [2.45, 2.75) is 26.6 Å². The van der Waals surface area contributed by atoms with Gasteiger partial charge < -0.3 is 16.0 Å². The lowest BCUT2D eigenvalue weighted by molar-refractivity contribution is -0.138. The molecule has 0 bridgehead atoms. The fraction of sp³-hybridized carbons (Fsp3) is 0.318. The van der Waals surface area contributed by atoms with Crippen LogP contribution in [0.3, 0.4) is 0 Å². The van der Waals surface area contributed by atoms with Gasteiger partial charge in [-0.15, -0.1) is 0 Å². The third kappa shape index (κ3) is 8.53. The fourth-order valence-corrected chi connectivity index (χ4v) is 2.94. The van der Waals surface area contributed by atoms with E-state index in [1.807, 2.05) is 0 Å². The van der Waals surface area contributed by atoms with Crippen molar-refractivity contribution in [1.82, 2.24) is 10.2 Å². The summed E-state index contributed by atoms with van der Waals surface area (Å²) in [6.07, 6.45) is -4.75. The lowest BCUT2D eigenvalue weighted by Gasteiger charge is -2.20. The molecule has 7 nitrogen and oxygen atoms in total. The zero-order chi connectivity index (χ0) is 24.6. The number of nitrogens with one attached hydrogen (secondary N) is 3. The standard InChI is InChI=1S/C22H24F4N4O3/c1-3-30(13-21(33)29-18-8-6-17(7-9-18)28-14(2)31)12-20(32)27-11-15-4-5-16(23)10-19(15)22(24,25)26/h4-10H,3,11-13H2,1-2H3,(H,27,32)(H,28,31)(H,29,33). The molecule has 0 aromatic heterocycles. The quantitative estimate of drug-likeness (QED) is 0.493. The van der Waals surface area contributed by atoms with Gasteiger partial charge in [-0.3, -0.25) is 19.3 Å². The second-order valence-electron chi connectivity index (χ2n) is 7.19. The molecule has 2 aromatic carbocycles. The minimum atomic E-state index is -4.75. The molecule has 2 aromatic rings. The Kier molecular flexibility index (Phi) is 8.92. The first-order valence-electron chi connectivity index (χ1n) is 10.00. The highest BCUT2D eigenvalue weighted by molar-refractivity contribution is 5.93. The second kappa shape index (κ2) is 11.4. The van der Waals surface area contributed by atoms with Crippen LogP contribution in [0, 0.1) is 5.82 Å². The molecule has 0 radical (unpaired) electrons. The Morgan fingerprint density at radius 1 is 0.909 bits per heavy atom. The van der Waals surface area contributed by atoms with Crippen molar-refractivity contribution in [2.24, 2.45) is 0 Å². The van der Waals surface area contributed by atoms with Crippen molar-refractivity contribution in [2.75, 3.05) is 30.3 Å². The molecule has 0 atom stereocenters. The largest absolute Gasteiger partial charge is 0.416 e. The molecule has 0 fully saturated rings. The summed E-state index contributed by atoms with van der Waals surface area (Å²) in [7, 11) is 0. The van der Waals surface area contributed by atoms with Crippen LogP contribution in [0.5, 0.6) is 0 Å². The normalized spacial score (nSPS) is 11.2. The Balaban J connectivity index is 1.88. The summed E-state index contributed by atoms with van der Waals surface area (Å²) in [4.78, 5) is 37.0. The summed E-state index contributed by atoms with van der Waals surface area (Å²) in [6, 6.07) is 8.69. The van der Waals surface area contributed by atoms with E-state index >= 15 is 0 Å². The van der Waals surface area contributed by atoms with Gasteiger partial charge in [-0.05, 0) is 48.5 Å². The molecule has 11 heteroatoms. The predicted octanol–water partition coefficient (Wildman–Crippen LogP) is 3.38. The van der Waals surface area contributed by atoms with Crippen LogP contribution < -0.4 is 16.0 Å². The van der Waals surface area contributed by atoms with Crippen LogP contribution in [0.4, 0.5) is 28.9 Å². The molecule has 0 saturated heterocycles. The monoisotopic (exact) mass is 468 g/mol. The van der Waals surface area contributed by atoms with E-state index in [1.165, 1.54) is 11.8 Å². The zero-order valence-corrected chi connectivity index (χ0v) is 18.1. The van der Waals surface area contributed by atoms with Crippen LogP contribution in [0.1, 0.15) is 25.0 Å². The van der Waals surface area contributed by atoms with E-state index < -0.39 is 35.9 Å². The molecule has 3 amide bonds. The van der Waals surface area contributed by atoms with Crippen molar-refractivity contribution >= 4 is 29.1 Å². The number of hydrogen-bond donors (Lipinski definition) is 3. The van der Waals surface area contributed by atoms with Crippen molar-refractivity contribution < 1.29 is 31.9 Å². The van der Waals surface area contributed by atoms with E-state index in [0.29, 0.717) is 24.0 Å². The topological polar surface area (TPSA) is 90.5 Å².